The summed E-state index contributed by atoms with van der Waals surface area (Å²) in [6.07, 6.45) is 4.02. The van der Waals surface area contributed by atoms with E-state index in [9.17, 15) is 0 Å². The van der Waals surface area contributed by atoms with Crippen LogP contribution < -0.4 is 5.32 Å². The van der Waals surface area contributed by atoms with Crippen molar-refractivity contribution in [2.45, 2.75) is 32.2 Å². The van der Waals surface area contributed by atoms with E-state index in [4.69, 9.17) is 0 Å². The molecule has 0 aliphatic carbocycles. The number of hydrogen-bond acceptors (Lipinski definition) is 2. The summed E-state index contributed by atoms with van der Waals surface area (Å²) in [5.74, 6) is 0.910. The first-order chi connectivity index (χ1) is 10.8. The van der Waals surface area contributed by atoms with Gasteiger partial charge in [-0.25, -0.2) is 0 Å². The second-order valence-electron chi connectivity index (χ2n) is 6.65. The molecule has 0 amide bonds. The summed E-state index contributed by atoms with van der Waals surface area (Å²) in [7, 11) is 2.05. The Hall–Kier alpha value is -1.38. The van der Waals surface area contributed by atoms with Crippen LogP contribution in [0.3, 0.4) is 0 Å². The quantitative estimate of drug-likeness (QED) is 0.888. The molecule has 2 nitrogen and oxygen atoms in total. The van der Waals surface area contributed by atoms with Crippen LogP contribution in [0, 0.1) is 5.92 Å². The number of rotatable bonds is 5. The van der Waals surface area contributed by atoms with Crippen LogP contribution in [0.1, 0.15) is 37.8 Å². The van der Waals surface area contributed by atoms with Crippen LogP contribution in [0.25, 0.3) is 10.8 Å². The molecule has 1 aliphatic rings. The molecule has 1 N–H and O–H groups in total. The minimum atomic E-state index is 0.523. The highest BCUT2D eigenvalue weighted by atomic mass is 15.2. The highest BCUT2D eigenvalue weighted by Gasteiger charge is 2.23. The van der Waals surface area contributed by atoms with E-state index in [1.165, 1.54) is 48.7 Å². The lowest BCUT2D eigenvalue weighted by Crippen LogP contribution is -2.36. The van der Waals surface area contributed by atoms with Crippen molar-refractivity contribution in [2.75, 3.05) is 26.7 Å². The van der Waals surface area contributed by atoms with Gasteiger partial charge in [0.15, 0.2) is 0 Å². The lowest BCUT2D eigenvalue weighted by atomic mass is 9.91. The molecule has 1 saturated heterocycles. The van der Waals surface area contributed by atoms with Crippen molar-refractivity contribution in [2.24, 2.45) is 5.92 Å². The van der Waals surface area contributed by atoms with Crippen molar-refractivity contribution < 1.29 is 0 Å². The van der Waals surface area contributed by atoms with Gasteiger partial charge in [0.25, 0.3) is 0 Å². The summed E-state index contributed by atoms with van der Waals surface area (Å²) in [6.45, 7) is 5.99. The van der Waals surface area contributed by atoms with Gasteiger partial charge in [0.1, 0.15) is 0 Å². The van der Waals surface area contributed by atoms with Gasteiger partial charge < -0.3 is 5.32 Å². The van der Waals surface area contributed by atoms with E-state index in [-0.39, 0.29) is 0 Å². The summed E-state index contributed by atoms with van der Waals surface area (Å²) in [5, 5.41) is 5.97. The molecule has 0 saturated carbocycles. The van der Waals surface area contributed by atoms with Gasteiger partial charge in [0, 0.05) is 6.04 Å². The zero-order chi connectivity index (χ0) is 15.4. The fourth-order valence-electron chi connectivity index (χ4n) is 3.66. The Morgan fingerprint density at radius 1 is 1.09 bits per heavy atom. The summed E-state index contributed by atoms with van der Waals surface area (Å²) in [4.78, 5) is 2.65. The monoisotopic (exact) mass is 296 g/mol. The predicted octanol–water partition coefficient (Wildman–Crippen LogP) is 4.22. The number of nitrogens with zero attached hydrogens (tertiary/aromatic N) is 1. The Labute approximate surface area is 134 Å². The molecule has 0 bridgehead atoms. The van der Waals surface area contributed by atoms with Crippen molar-refractivity contribution in [3.05, 3.63) is 48.0 Å². The number of nitrogens with one attached hydrogen (secondary N) is 1. The van der Waals surface area contributed by atoms with E-state index in [0.717, 1.165) is 12.5 Å². The largest absolute Gasteiger partial charge is 0.320 e. The van der Waals surface area contributed by atoms with E-state index in [1.54, 1.807) is 0 Å². The molecule has 118 valence electrons. The number of piperidine rings is 1. The smallest absolute Gasteiger partial charge is 0.0320 e. The van der Waals surface area contributed by atoms with Crippen molar-refractivity contribution >= 4 is 10.8 Å². The van der Waals surface area contributed by atoms with Crippen molar-refractivity contribution in [1.82, 2.24) is 10.2 Å². The van der Waals surface area contributed by atoms with E-state index in [1.807, 2.05) is 0 Å². The number of hydrogen-bond donors (Lipinski definition) is 1. The van der Waals surface area contributed by atoms with E-state index in [2.05, 4.69) is 66.7 Å². The first-order valence-corrected chi connectivity index (χ1v) is 8.65. The highest BCUT2D eigenvalue weighted by Crippen LogP contribution is 2.29. The Morgan fingerprint density at radius 2 is 1.82 bits per heavy atom. The molecule has 0 radical (unpaired) electrons. The fourth-order valence-corrected chi connectivity index (χ4v) is 3.66. The van der Waals surface area contributed by atoms with Gasteiger partial charge in [0.05, 0.1) is 0 Å². The molecule has 1 heterocycles. The normalized spacial score (nSPS) is 18.6. The van der Waals surface area contributed by atoms with E-state index in [0.29, 0.717) is 6.04 Å². The molecule has 1 unspecified atom stereocenters. The van der Waals surface area contributed by atoms with Crippen LogP contribution >= 0.6 is 0 Å². The topological polar surface area (TPSA) is 15.3 Å². The van der Waals surface area contributed by atoms with Crippen molar-refractivity contribution in [3.63, 3.8) is 0 Å². The number of benzene rings is 2. The number of likely N-dealkylation sites (tertiary alicyclic amines) is 1. The third-order valence-electron chi connectivity index (χ3n) is 5.26. The average Bonchev–Trinajstić information content (AvgIpc) is 2.59. The molecular formula is C20H28N2. The second-order valence-corrected chi connectivity index (χ2v) is 6.65. The van der Waals surface area contributed by atoms with Gasteiger partial charge in [-0.15, -0.1) is 0 Å². The van der Waals surface area contributed by atoms with Crippen LogP contribution in [-0.2, 0) is 0 Å². The molecule has 2 aromatic carbocycles. The van der Waals surface area contributed by atoms with E-state index >= 15 is 0 Å². The van der Waals surface area contributed by atoms with Gasteiger partial charge in [-0.05, 0) is 81.2 Å². The molecule has 22 heavy (non-hydrogen) atoms. The maximum atomic E-state index is 3.28. The molecule has 1 aliphatic heterocycles. The summed E-state index contributed by atoms with van der Waals surface area (Å²) < 4.78 is 0. The van der Waals surface area contributed by atoms with Crippen molar-refractivity contribution in [3.8, 4) is 0 Å². The Bertz CT molecular complexity index is 599. The van der Waals surface area contributed by atoms with Crippen LogP contribution in [0.15, 0.2) is 42.5 Å². The minimum absolute atomic E-state index is 0.523. The lowest BCUT2D eigenvalue weighted by Gasteiger charge is -2.36. The zero-order valence-electron chi connectivity index (χ0n) is 13.9. The fraction of sp³-hybridized carbons (Fsp3) is 0.500. The van der Waals surface area contributed by atoms with Gasteiger partial charge in [-0.1, -0.05) is 36.4 Å². The SMILES string of the molecule is CNCCC1CCN(C(C)c2ccc3ccccc3c2)CC1. The number of fused-ring (bicyclic) bond motifs is 1. The second kappa shape index (κ2) is 7.26. The summed E-state index contributed by atoms with van der Waals surface area (Å²) in [5.41, 5.74) is 1.45. The van der Waals surface area contributed by atoms with Gasteiger partial charge >= 0.3 is 0 Å². The van der Waals surface area contributed by atoms with Crippen LogP contribution in [0.5, 0.6) is 0 Å². The van der Waals surface area contributed by atoms with Crippen LogP contribution in [-0.4, -0.2) is 31.6 Å². The predicted molar refractivity (Wildman–Crippen MR) is 95.2 cm³/mol. The average molecular weight is 296 g/mol. The van der Waals surface area contributed by atoms with Gasteiger partial charge in [-0.2, -0.15) is 0 Å². The summed E-state index contributed by atoms with van der Waals surface area (Å²) >= 11 is 0. The molecule has 1 fully saturated rings. The molecule has 0 aromatic heterocycles. The van der Waals surface area contributed by atoms with Crippen molar-refractivity contribution in [1.29, 1.82) is 0 Å². The molecule has 1 atom stereocenters. The molecule has 3 rings (SSSR count). The molecular weight excluding hydrogens is 268 g/mol. The standard InChI is InChI=1S/C20H28N2/c1-16(22-13-10-17(11-14-22)9-12-21-2)19-8-7-18-5-3-4-6-20(18)15-19/h3-8,15-17,21H,9-14H2,1-2H3. The zero-order valence-corrected chi connectivity index (χ0v) is 13.9. The third kappa shape index (κ3) is 3.50. The first kappa shape index (κ1) is 15.5. The lowest BCUT2D eigenvalue weighted by molar-refractivity contribution is 0.137. The third-order valence-corrected chi connectivity index (χ3v) is 5.26. The van der Waals surface area contributed by atoms with Gasteiger partial charge in [-0.3, -0.25) is 4.90 Å². The van der Waals surface area contributed by atoms with E-state index < -0.39 is 0 Å². The summed E-state index contributed by atoms with van der Waals surface area (Å²) in [6, 6.07) is 16.1. The Balaban J connectivity index is 1.64. The Morgan fingerprint density at radius 3 is 2.55 bits per heavy atom. The van der Waals surface area contributed by atoms with Gasteiger partial charge in [0.2, 0.25) is 0 Å². The van der Waals surface area contributed by atoms with Crippen LogP contribution in [0.2, 0.25) is 0 Å². The molecule has 2 heteroatoms. The highest BCUT2D eigenvalue weighted by molar-refractivity contribution is 5.83. The molecule has 0 spiro atoms. The molecule has 2 aromatic rings. The maximum absolute atomic E-state index is 3.28. The maximum Gasteiger partial charge on any atom is 0.0320 e. The van der Waals surface area contributed by atoms with Crippen LogP contribution in [0.4, 0.5) is 0 Å². The first-order valence-electron chi connectivity index (χ1n) is 8.65. The Kier molecular flexibility index (Phi) is 5.12. The minimum Gasteiger partial charge on any atom is -0.320 e.